The molecule has 0 aliphatic rings. The fraction of sp³-hybridized carbons (Fsp3) is 0.182. The minimum Gasteiger partial charge on any atom is -0.494 e. The molecular formula is C11H10ClNO. The second-order valence-corrected chi connectivity index (χ2v) is 3.56. The highest BCUT2D eigenvalue weighted by atomic mass is 35.5. The van der Waals surface area contributed by atoms with Crippen LogP contribution >= 0.6 is 11.6 Å². The van der Waals surface area contributed by atoms with E-state index >= 15 is 0 Å². The van der Waals surface area contributed by atoms with Crippen molar-refractivity contribution in [3.8, 4) is 5.75 Å². The number of benzene rings is 1. The largest absolute Gasteiger partial charge is 0.494 e. The molecule has 2 aromatic rings. The summed E-state index contributed by atoms with van der Waals surface area (Å²) in [5.41, 5.74) is 1.93. The van der Waals surface area contributed by atoms with Crippen molar-refractivity contribution in [2.24, 2.45) is 0 Å². The van der Waals surface area contributed by atoms with E-state index in [-0.39, 0.29) is 0 Å². The van der Waals surface area contributed by atoms with Crippen molar-refractivity contribution in [2.45, 2.75) is 6.92 Å². The molecular weight excluding hydrogens is 198 g/mol. The van der Waals surface area contributed by atoms with Gasteiger partial charge in [-0.1, -0.05) is 11.6 Å². The highest BCUT2D eigenvalue weighted by Gasteiger charge is 2.06. The van der Waals surface area contributed by atoms with E-state index < -0.39 is 0 Å². The molecule has 0 aliphatic carbocycles. The molecule has 2 nitrogen and oxygen atoms in total. The van der Waals surface area contributed by atoms with Gasteiger partial charge in [0.05, 0.1) is 12.1 Å². The summed E-state index contributed by atoms with van der Waals surface area (Å²) in [5.74, 6) is 0.766. The van der Waals surface area contributed by atoms with E-state index in [2.05, 4.69) is 4.98 Å². The highest BCUT2D eigenvalue weighted by molar-refractivity contribution is 6.35. The van der Waals surface area contributed by atoms with Gasteiger partial charge in [0.2, 0.25) is 0 Å². The minimum atomic E-state index is 0.706. The molecule has 1 heterocycles. The van der Waals surface area contributed by atoms with Crippen LogP contribution in [-0.2, 0) is 0 Å². The van der Waals surface area contributed by atoms with Crippen molar-refractivity contribution >= 4 is 22.5 Å². The average molecular weight is 208 g/mol. The normalized spacial score (nSPS) is 10.5. The summed E-state index contributed by atoms with van der Waals surface area (Å²) in [6.07, 6.45) is 1.68. The number of ether oxygens (including phenoxy) is 1. The number of halogens is 1. The first-order valence-electron chi connectivity index (χ1n) is 4.31. The van der Waals surface area contributed by atoms with Crippen LogP contribution in [-0.4, -0.2) is 12.1 Å². The van der Waals surface area contributed by atoms with E-state index in [1.807, 2.05) is 19.1 Å². The molecule has 0 fully saturated rings. The third kappa shape index (κ3) is 1.42. The van der Waals surface area contributed by atoms with Gasteiger partial charge in [-0.3, -0.25) is 4.98 Å². The number of nitrogens with zero attached hydrogens (tertiary/aromatic N) is 1. The Morgan fingerprint density at radius 1 is 1.36 bits per heavy atom. The van der Waals surface area contributed by atoms with Gasteiger partial charge >= 0.3 is 0 Å². The molecule has 0 bridgehead atoms. The molecule has 0 unspecified atom stereocenters. The third-order valence-electron chi connectivity index (χ3n) is 2.12. The van der Waals surface area contributed by atoms with Crippen molar-refractivity contribution < 1.29 is 4.74 Å². The van der Waals surface area contributed by atoms with Crippen LogP contribution in [0.2, 0.25) is 5.02 Å². The Balaban J connectivity index is 2.87. The van der Waals surface area contributed by atoms with Gasteiger partial charge in [0.15, 0.2) is 0 Å². The number of rotatable bonds is 1. The maximum atomic E-state index is 6.06. The molecule has 0 saturated carbocycles. The van der Waals surface area contributed by atoms with Crippen molar-refractivity contribution in [1.29, 1.82) is 0 Å². The van der Waals surface area contributed by atoms with Crippen molar-refractivity contribution in [2.75, 3.05) is 7.11 Å². The molecule has 0 amide bonds. The number of fused-ring (bicyclic) bond motifs is 1. The Hall–Kier alpha value is -1.28. The zero-order chi connectivity index (χ0) is 10.1. The van der Waals surface area contributed by atoms with Crippen LogP contribution in [0.15, 0.2) is 24.4 Å². The molecule has 14 heavy (non-hydrogen) atoms. The molecule has 1 aromatic carbocycles. The second kappa shape index (κ2) is 3.46. The van der Waals surface area contributed by atoms with Gasteiger partial charge in [0, 0.05) is 11.6 Å². The molecule has 72 valence electrons. The topological polar surface area (TPSA) is 22.1 Å². The predicted molar refractivity (Wildman–Crippen MR) is 58.0 cm³/mol. The van der Waals surface area contributed by atoms with Crippen LogP contribution in [0.5, 0.6) is 5.75 Å². The van der Waals surface area contributed by atoms with Crippen LogP contribution < -0.4 is 4.74 Å². The van der Waals surface area contributed by atoms with E-state index in [0.717, 1.165) is 22.2 Å². The van der Waals surface area contributed by atoms with Gasteiger partial charge in [0.1, 0.15) is 11.3 Å². The number of pyridine rings is 1. The quantitative estimate of drug-likeness (QED) is 0.717. The first kappa shape index (κ1) is 9.28. The summed E-state index contributed by atoms with van der Waals surface area (Å²) in [5, 5.41) is 1.64. The lowest BCUT2D eigenvalue weighted by Gasteiger charge is -2.06. The number of aryl methyl sites for hydroxylation is 1. The summed E-state index contributed by atoms with van der Waals surface area (Å²) >= 11 is 6.06. The van der Waals surface area contributed by atoms with Gasteiger partial charge in [-0.2, -0.15) is 0 Å². The lowest BCUT2D eigenvalue weighted by molar-refractivity contribution is 0.418. The fourth-order valence-electron chi connectivity index (χ4n) is 1.48. The van der Waals surface area contributed by atoms with E-state index in [4.69, 9.17) is 16.3 Å². The molecule has 0 N–H and O–H groups in total. The number of hydrogen-bond donors (Lipinski definition) is 0. The summed E-state index contributed by atoms with van der Waals surface area (Å²) in [7, 11) is 1.64. The monoisotopic (exact) mass is 207 g/mol. The Bertz CT molecular complexity index is 482. The van der Waals surface area contributed by atoms with Crippen molar-refractivity contribution in [3.63, 3.8) is 0 Å². The molecule has 2 rings (SSSR count). The standard InChI is InChI=1S/C11H10ClNO/c1-7-5-8-9(12)3-4-13-11(8)10(6-7)14-2/h3-6H,1-2H3. The average Bonchev–Trinajstić information content (AvgIpc) is 2.18. The van der Waals surface area contributed by atoms with E-state index in [1.54, 1.807) is 19.4 Å². The summed E-state index contributed by atoms with van der Waals surface area (Å²) < 4.78 is 5.24. The maximum Gasteiger partial charge on any atom is 0.145 e. The van der Waals surface area contributed by atoms with Gasteiger partial charge in [-0.15, -0.1) is 0 Å². The van der Waals surface area contributed by atoms with Crippen molar-refractivity contribution in [3.05, 3.63) is 35.0 Å². The molecule has 0 spiro atoms. The maximum absolute atomic E-state index is 6.06. The van der Waals surface area contributed by atoms with Crippen LogP contribution in [0.25, 0.3) is 10.9 Å². The molecule has 0 radical (unpaired) electrons. The SMILES string of the molecule is COc1cc(C)cc2c(Cl)ccnc12. The zero-order valence-electron chi connectivity index (χ0n) is 8.04. The van der Waals surface area contributed by atoms with Crippen LogP contribution in [0.4, 0.5) is 0 Å². The Morgan fingerprint density at radius 3 is 2.86 bits per heavy atom. The Labute approximate surface area is 87.5 Å². The molecule has 0 saturated heterocycles. The van der Waals surface area contributed by atoms with E-state index in [9.17, 15) is 0 Å². The van der Waals surface area contributed by atoms with Crippen molar-refractivity contribution in [1.82, 2.24) is 4.98 Å². The van der Waals surface area contributed by atoms with Gasteiger partial charge in [0.25, 0.3) is 0 Å². The van der Waals surface area contributed by atoms with Crippen LogP contribution in [0.1, 0.15) is 5.56 Å². The second-order valence-electron chi connectivity index (χ2n) is 3.16. The molecule has 0 atom stereocenters. The number of hydrogen-bond acceptors (Lipinski definition) is 2. The first-order chi connectivity index (χ1) is 6.72. The van der Waals surface area contributed by atoms with E-state index in [1.165, 1.54) is 0 Å². The Morgan fingerprint density at radius 2 is 2.14 bits per heavy atom. The number of methoxy groups -OCH3 is 1. The van der Waals surface area contributed by atoms with E-state index in [0.29, 0.717) is 5.02 Å². The summed E-state index contributed by atoms with van der Waals surface area (Å²) in [6.45, 7) is 2.01. The summed E-state index contributed by atoms with van der Waals surface area (Å²) in [4.78, 5) is 4.24. The molecule has 0 aliphatic heterocycles. The predicted octanol–water partition coefficient (Wildman–Crippen LogP) is 3.21. The molecule has 1 aromatic heterocycles. The summed E-state index contributed by atoms with van der Waals surface area (Å²) in [6, 6.07) is 5.74. The first-order valence-corrected chi connectivity index (χ1v) is 4.69. The van der Waals surface area contributed by atoms with Gasteiger partial charge in [-0.05, 0) is 30.7 Å². The zero-order valence-corrected chi connectivity index (χ0v) is 8.80. The minimum absolute atomic E-state index is 0.706. The van der Waals surface area contributed by atoms with Crippen LogP contribution in [0, 0.1) is 6.92 Å². The smallest absolute Gasteiger partial charge is 0.145 e. The number of aromatic nitrogens is 1. The Kier molecular flexibility index (Phi) is 2.30. The lowest BCUT2D eigenvalue weighted by atomic mass is 10.1. The van der Waals surface area contributed by atoms with Gasteiger partial charge in [-0.25, -0.2) is 0 Å². The molecule has 3 heteroatoms. The third-order valence-corrected chi connectivity index (χ3v) is 2.45. The lowest BCUT2D eigenvalue weighted by Crippen LogP contribution is -1.89. The highest BCUT2D eigenvalue weighted by Crippen LogP contribution is 2.29. The van der Waals surface area contributed by atoms with Crippen LogP contribution in [0.3, 0.4) is 0 Å². The van der Waals surface area contributed by atoms with Gasteiger partial charge < -0.3 is 4.74 Å². The fourth-order valence-corrected chi connectivity index (χ4v) is 1.68.